The standard InChI is InChI=1S/C16H14ClN5O/c1-10-12-3-2-5-18-13(12)4-6-21(10)16(23)14-7-15-19-8-11(17)9-22(15)20-14/h2-3,5,7-10H,4,6H2,1H3. The van der Waals surface area contributed by atoms with E-state index in [2.05, 4.69) is 15.1 Å². The van der Waals surface area contributed by atoms with E-state index in [1.807, 2.05) is 24.0 Å². The number of amides is 1. The van der Waals surface area contributed by atoms with Crippen molar-refractivity contribution in [2.24, 2.45) is 0 Å². The van der Waals surface area contributed by atoms with E-state index in [0.717, 1.165) is 17.7 Å². The van der Waals surface area contributed by atoms with Gasteiger partial charge in [-0.3, -0.25) is 9.78 Å². The van der Waals surface area contributed by atoms with E-state index < -0.39 is 0 Å². The number of aromatic nitrogens is 4. The fraction of sp³-hybridized carbons (Fsp3) is 0.250. The summed E-state index contributed by atoms with van der Waals surface area (Å²) in [5.74, 6) is -0.103. The van der Waals surface area contributed by atoms with Crippen molar-refractivity contribution in [3.63, 3.8) is 0 Å². The van der Waals surface area contributed by atoms with Crippen molar-refractivity contribution in [1.82, 2.24) is 24.5 Å². The lowest BCUT2D eigenvalue weighted by Crippen LogP contribution is -2.39. The van der Waals surface area contributed by atoms with Crippen LogP contribution in [0.5, 0.6) is 0 Å². The summed E-state index contributed by atoms with van der Waals surface area (Å²) in [6.07, 6.45) is 5.72. The van der Waals surface area contributed by atoms with Gasteiger partial charge in [-0.1, -0.05) is 17.7 Å². The van der Waals surface area contributed by atoms with Gasteiger partial charge >= 0.3 is 0 Å². The molecule has 0 saturated carbocycles. The minimum atomic E-state index is -0.103. The third-order valence-corrected chi connectivity index (χ3v) is 4.39. The molecule has 23 heavy (non-hydrogen) atoms. The van der Waals surface area contributed by atoms with Crippen LogP contribution in [0.15, 0.2) is 36.8 Å². The average molecular weight is 328 g/mol. The van der Waals surface area contributed by atoms with Gasteiger partial charge in [-0.05, 0) is 18.6 Å². The Morgan fingerprint density at radius 2 is 2.26 bits per heavy atom. The third kappa shape index (κ3) is 2.35. The fourth-order valence-electron chi connectivity index (χ4n) is 3.01. The van der Waals surface area contributed by atoms with Gasteiger partial charge in [-0.25, -0.2) is 9.50 Å². The summed E-state index contributed by atoms with van der Waals surface area (Å²) in [6, 6.07) is 5.59. The maximum absolute atomic E-state index is 12.8. The molecule has 0 fully saturated rings. The monoisotopic (exact) mass is 327 g/mol. The van der Waals surface area contributed by atoms with Crippen molar-refractivity contribution in [2.75, 3.05) is 6.54 Å². The van der Waals surface area contributed by atoms with Crippen LogP contribution in [0.2, 0.25) is 5.02 Å². The molecule has 0 aliphatic carbocycles. The summed E-state index contributed by atoms with van der Waals surface area (Å²) in [4.78, 5) is 23.2. The van der Waals surface area contributed by atoms with Gasteiger partial charge in [0.25, 0.3) is 5.91 Å². The second kappa shape index (κ2) is 5.31. The highest BCUT2D eigenvalue weighted by Gasteiger charge is 2.30. The van der Waals surface area contributed by atoms with Gasteiger partial charge in [0.15, 0.2) is 11.3 Å². The summed E-state index contributed by atoms with van der Waals surface area (Å²) in [6.45, 7) is 2.65. The number of carbonyl (C=O) groups excluding carboxylic acids is 1. The van der Waals surface area contributed by atoms with Crippen LogP contribution in [0.1, 0.15) is 34.7 Å². The van der Waals surface area contributed by atoms with E-state index in [9.17, 15) is 4.79 Å². The van der Waals surface area contributed by atoms with Gasteiger partial charge in [-0.15, -0.1) is 0 Å². The van der Waals surface area contributed by atoms with Gasteiger partial charge in [0, 0.05) is 37.1 Å². The predicted octanol–water partition coefficient (Wildman–Crippen LogP) is 2.54. The Labute approximate surface area is 137 Å². The molecule has 3 aromatic heterocycles. The summed E-state index contributed by atoms with van der Waals surface area (Å²) in [5.41, 5.74) is 3.13. The number of carbonyl (C=O) groups is 1. The number of halogens is 1. The molecule has 1 aliphatic heterocycles. The van der Waals surface area contributed by atoms with E-state index in [1.165, 1.54) is 10.7 Å². The number of pyridine rings is 1. The molecule has 116 valence electrons. The smallest absolute Gasteiger partial charge is 0.274 e. The lowest BCUT2D eigenvalue weighted by Gasteiger charge is -2.34. The zero-order valence-electron chi connectivity index (χ0n) is 12.5. The molecule has 4 rings (SSSR count). The molecule has 1 amide bonds. The highest BCUT2D eigenvalue weighted by Crippen LogP contribution is 2.29. The Morgan fingerprint density at radius 1 is 1.39 bits per heavy atom. The number of hydrogen-bond acceptors (Lipinski definition) is 4. The van der Waals surface area contributed by atoms with Crippen LogP contribution in [-0.2, 0) is 6.42 Å². The Balaban J connectivity index is 1.68. The third-order valence-electron chi connectivity index (χ3n) is 4.19. The van der Waals surface area contributed by atoms with Crippen molar-refractivity contribution in [3.05, 3.63) is 58.8 Å². The van der Waals surface area contributed by atoms with Crippen LogP contribution < -0.4 is 0 Å². The summed E-state index contributed by atoms with van der Waals surface area (Å²) < 4.78 is 1.53. The number of fused-ring (bicyclic) bond motifs is 2. The first kappa shape index (κ1) is 14.1. The van der Waals surface area contributed by atoms with Gasteiger partial charge in [-0.2, -0.15) is 5.10 Å². The quantitative estimate of drug-likeness (QED) is 0.689. The summed E-state index contributed by atoms with van der Waals surface area (Å²) >= 11 is 5.91. The Hall–Kier alpha value is -2.47. The molecule has 6 nitrogen and oxygen atoms in total. The largest absolute Gasteiger partial charge is 0.330 e. The zero-order chi connectivity index (χ0) is 16.0. The van der Waals surface area contributed by atoms with Crippen molar-refractivity contribution in [1.29, 1.82) is 0 Å². The van der Waals surface area contributed by atoms with E-state index >= 15 is 0 Å². The number of hydrogen-bond donors (Lipinski definition) is 0. The second-order valence-electron chi connectivity index (χ2n) is 5.57. The van der Waals surface area contributed by atoms with Crippen LogP contribution >= 0.6 is 11.6 Å². The Kier molecular flexibility index (Phi) is 3.27. The molecule has 1 unspecified atom stereocenters. The molecule has 7 heteroatoms. The number of rotatable bonds is 1. The zero-order valence-corrected chi connectivity index (χ0v) is 13.2. The normalized spacial score (nSPS) is 17.3. The Morgan fingerprint density at radius 3 is 3.13 bits per heavy atom. The Bertz CT molecular complexity index is 906. The van der Waals surface area contributed by atoms with Crippen LogP contribution in [0, 0.1) is 0 Å². The lowest BCUT2D eigenvalue weighted by atomic mass is 9.98. The molecule has 0 radical (unpaired) electrons. The van der Waals surface area contributed by atoms with Gasteiger partial charge in [0.05, 0.1) is 17.3 Å². The molecule has 0 bridgehead atoms. The summed E-state index contributed by atoms with van der Waals surface area (Å²) in [5, 5.41) is 4.78. The first-order valence-corrected chi connectivity index (χ1v) is 7.77. The second-order valence-corrected chi connectivity index (χ2v) is 6.00. The van der Waals surface area contributed by atoms with Gasteiger partial charge < -0.3 is 4.90 Å². The molecule has 3 aromatic rings. The molecule has 0 N–H and O–H groups in total. The predicted molar refractivity (Wildman–Crippen MR) is 85.4 cm³/mol. The molecule has 0 saturated heterocycles. The molecule has 0 spiro atoms. The van der Waals surface area contributed by atoms with Crippen LogP contribution in [-0.4, -0.2) is 36.9 Å². The van der Waals surface area contributed by atoms with Crippen LogP contribution in [0.3, 0.4) is 0 Å². The minimum absolute atomic E-state index is 0.0266. The highest BCUT2D eigenvalue weighted by atomic mass is 35.5. The van der Waals surface area contributed by atoms with Crippen molar-refractivity contribution in [2.45, 2.75) is 19.4 Å². The summed E-state index contributed by atoms with van der Waals surface area (Å²) in [7, 11) is 0. The maximum Gasteiger partial charge on any atom is 0.274 e. The lowest BCUT2D eigenvalue weighted by molar-refractivity contribution is 0.0669. The van der Waals surface area contributed by atoms with Crippen LogP contribution in [0.25, 0.3) is 5.65 Å². The van der Waals surface area contributed by atoms with E-state index in [4.69, 9.17) is 11.6 Å². The fourth-order valence-corrected chi connectivity index (χ4v) is 3.15. The highest BCUT2D eigenvalue weighted by molar-refractivity contribution is 6.30. The van der Waals surface area contributed by atoms with Crippen molar-refractivity contribution in [3.8, 4) is 0 Å². The van der Waals surface area contributed by atoms with E-state index in [-0.39, 0.29) is 11.9 Å². The molecular weight excluding hydrogens is 314 g/mol. The van der Waals surface area contributed by atoms with Crippen LogP contribution in [0.4, 0.5) is 0 Å². The SMILES string of the molecule is CC1c2cccnc2CCN1C(=O)c1cc2ncc(Cl)cn2n1. The van der Waals surface area contributed by atoms with Crippen molar-refractivity contribution >= 4 is 23.2 Å². The van der Waals surface area contributed by atoms with Gasteiger partial charge in [0.1, 0.15) is 0 Å². The minimum Gasteiger partial charge on any atom is -0.330 e. The van der Waals surface area contributed by atoms with E-state index in [1.54, 1.807) is 18.5 Å². The first-order valence-electron chi connectivity index (χ1n) is 7.39. The van der Waals surface area contributed by atoms with Crippen molar-refractivity contribution < 1.29 is 4.79 Å². The molecule has 4 heterocycles. The molecule has 1 atom stereocenters. The maximum atomic E-state index is 12.8. The topological polar surface area (TPSA) is 63.4 Å². The van der Waals surface area contributed by atoms with E-state index in [0.29, 0.717) is 22.9 Å². The molecule has 0 aromatic carbocycles. The first-order chi connectivity index (χ1) is 11.1. The number of nitrogens with zero attached hydrogens (tertiary/aromatic N) is 5. The molecular formula is C16H14ClN5O. The van der Waals surface area contributed by atoms with Gasteiger partial charge in [0.2, 0.25) is 0 Å². The average Bonchev–Trinajstić information content (AvgIpc) is 2.98. The molecule has 1 aliphatic rings.